The number of likely N-dealkylation sites (N-methyl/N-ethyl adjacent to an activating group) is 5. The van der Waals surface area contributed by atoms with Gasteiger partial charge in [-0.1, -0.05) is 155 Å². The normalized spacial score (nSPS) is 21.8. The zero-order chi connectivity index (χ0) is 95.2. The summed E-state index contributed by atoms with van der Waals surface area (Å²) in [5, 5.41) is 65.6. The van der Waals surface area contributed by atoms with Gasteiger partial charge in [-0.25, -0.2) is 0 Å². The Bertz CT molecular complexity index is 5180. The fourth-order valence-corrected chi connectivity index (χ4v) is 15.7. The highest BCUT2D eigenvalue weighted by molar-refractivity contribution is 8.00. The third-order valence-corrected chi connectivity index (χ3v) is 23.0. The lowest BCUT2D eigenvalue weighted by atomic mass is 9.99. The number of rotatable bonds is 23. The van der Waals surface area contributed by atoms with E-state index in [0.29, 0.717) is 57.1 Å². The zero-order valence-electron chi connectivity index (χ0n) is 74.1. The molecule has 8 rings (SSSR count). The van der Waals surface area contributed by atoms with E-state index < -0.39 is 199 Å². The molecule has 0 aliphatic carbocycles. The lowest BCUT2D eigenvalue weighted by Crippen LogP contribution is -2.60. The Kier molecular flexibility index (Phi) is 37.9. The van der Waals surface area contributed by atoms with Gasteiger partial charge in [0, 0.05) is 96.6 Å². The van der Waals surface area contributed by atoms with Crippen LogP contribution >= 0.6 is 11.8 Å². The SMILES string of the molecule is C=C(C)[C@@H]1NC(=O)[C@H](CC(=O)O)NC(=O)CN(C)C(=O)[C@H](CCCC)N(C)C(=O)[C@H](Cc2ccccc2)N(C)C(=O)[C@H](Cc2ccccc2)NC(=O)CSC[C@@H](C(=O)NCC(N)=O)NC(=O)[C@H](CC(C)C)NC(=O)[C@H](Cc2ccc(O)cc2)NC(=O)[C@H](Cc2c[nH]c3ccccc23)NC(=O)CN(C)C(=O)[C@H](Cc2ccc(O)cc2)NC(=O)[C@H](Cc2ccc(O)cc2)N(C)C1=O. The van der Waals surface area contributed by atoms with Crippen LogP contribution in [0.3, 0.4) is 0 Å². The maximum Gasteiger partial charge on any atom is 0.305 e. The molecule has 36 nitrogen and oxygen atoms in total. The van der Waals surface area contributed by atoms with Crippen molar-refractivity contribution in [2.45, 2.75) is 165 Å². The summed E-state index contributed by atoms with van der Waals surface area (Å²) in [6.45, 7) is 8.21. The molecular weight excluding hydrogens is 1690 g/mol. The van der Waals surface area contributed by atoms with Crippen molar-refractivity contribution < 1.29 is 97.1 Å². The van der Waals surface area contributed by atoms with Crippen LogP contribution < -0.4 is 53.6 Å². The Balaban J connectivity index is 1.22. The number of carboxylic acid groups (broad SMARTS) is 1. The highest BCUT2D eigenvalue weighted by atomic mass is 32.2. The van der Waals surface area contributed by atoms with E-state index in [1.54, 1.807) is 105 Å². The molecule has 130 heavy (non-hydrogen) atoms. The number of primary amides is 1. The maximum atomic E-state index is 15.5. The van der Waals surface area contributed by atoms with Crippen molar-refractivity contribution in [2.75, 3.05) is 66.4 Å². The molecule has 11 atom stereocenters. The molecule has 1 aromatic heterocycles. The molecule has 0 saturated carbocycles. The quantitative estimate of drug-likeness (QED) is 0.0407. The van der Waals surface area contributed by atoms with Gasteiger partial charge in [-0.2, -0.15) is 0 Å². The fourth-order valence-electron chi connectivity index (χ4n) is 14.8. The highest BCUT2D eigenvalue weighted by Crippen LogP contribution is 2.25. The number of phenolic OH excluding ortho intramolecular Hbond substituents is 3. The van der Waals surface area contributed by atoms with Gasteiger partial charge in [-0.15, -0.1) is 11.8 Å². The molecule has 6 aromatic carbocycles. The summed E-state index contributed by atoms with van der Waals surface area (Å²) in [5.74, 6) is -17.5. The number of aromatic amines is 1. The fraction of sp³-hybridized carbons (Fsp3) is 0.398. The van der Waals surface area contributed by atoms with E-state index in [0.717, 1.165) is 36.3 Å². The van der Waals surface area contributed by atoms with Crippen LogP contribution in [0.5, 0.6) is 17.2 Å². The molecule has 0 spiro atoms. The number of para-hydroxylation sites is 1. The number of amides is 15. The Hall–Kier alpha value is -14.1. The van der Waals surface area contributed by atoms with Gasteiger partial charge in [0.1, 0.15) is 83.7 Å². The Morgan fingerprint density at radius 3 is 1.45 bits per heavy atom. The highest BCUT2D eigenvalue weighted by Gasteiger charge is 2.42. The summed E-state index contributed by atoms with van der Waals surface area (Å²) in [6, 6.07) is 23.4. The van der Waals surface area contributed by atoms with Crippen LogP contribution in [-0.2, 0) is 115 Å². The number of nitrogens with zero attached hydrogens (tertiary/aromatic N) is 5. The van der Waals surface area contributed by atoms with Crippen molar-refractivity contribution in [1.82, 2.24) is 77.3 Å². The summed E-state index contributed by atoms with van der Waals surface area (Å²) >= 11 is 0.821. The molecule has 694 valence electrons. The van der Waals surface area contributed by atoms with Crippen LogP contribution in [0.4, 0.5) is 0 Å². The van der Waals surface area contributed by atoms with E-state index >= 15 is 33.6 Å². The average Bonchev–Trinajstić information content (AvgIpc) is 1.60. The Morgan fingerprint density at radius 2 is 0.915 bits per heavy atom. The zero-order valence-corrected chi connectivity index (χ0v) is 74.9. The smallest absolute Gasteiger partial charge is 0.305 e. The van der Waals surface area contributed by atoms with E-state index in [9.17, 15) is 63.6 Å². The van der Waals surface area contributed by atoms with Crippen LogP contribution in [0.1, 0.15) is 93.2 Å². The van der Waals surface area contributed by atoms with Gasteiger partial charge in [-0.05, 0) is 107 Å². The van der Waals surface area contributed by atoms with Crippen LogP contribution in [0.2, 0.25) is 0 Å². The first-order chi connectivity index (χ1) is 61.8. The van der Waals surface area contributed by atoms with Gasteiger partial charge >= 0.3 is 5.97 Å². The molecule has 1 fully saturated rings. The van der Waals surface area contributed by atoms with Crippen molar-refractivity contribution in [3.63, 3.8) is 0 Å². The lowest BCUT2D eigenvalue weighted by molar-refractivity contribution is -0.151. The summed E-state index contributed by atoms with van der Waals surface area (Å²) in [4.78, 5) is 243. The van der Waals surface area contributed by atoms with Gasteiger partial charge in [0.15, 0.2) is 0 Å². The predicted molar refractivity (Wildman–Crippen MR) is 484 cm³/mol. The largest absolute Gasteiger partial charge is 0.508 e. The molecule has 7 aromatic rings. The van der Waals surface area contributed by atoms with Gasteiger partial charge in [0.2, 0.25) is 88.6 Å². The van der Waals surface area contributed by atoms with E-state index in [-0.39, 0.29) is 80.1 Å². The summed E-state index contributed by atoms with van der Waals surface area (Å²) in [7, 11) is 6.37. The van der Waals surface area contributed by atoms with Crippen LogP contribution in [0.15, 0.2) is 176 Å². The second-order valence-electron chi connectivity index (χ2n) is 32.8. The predicted octanol–water partition coefficient (Wildman–Crippen LogP) is 1.95. The number of thioether (sulfide) groups is 1. The minimum atomic E-state index is -1.97. The number of phenols is 3. The first-order valence-corrected chi connectivity index (χ1v) is 43.6. The molecule has 2 heterocycles. The number of nitrogens with two attached hydrogens (primary N) is 1. The van der Waals surface area contributed by atoms with Gasteiger partial charge in [0.25, 0.3) is 0 Å². The number of unbranched alkanes of at least 4 members (excludes halogenated alkanes) is 1. The number of H-pyrrole nitrogens is 1. The molecule has 1 saturated heterocycles. The van der Waals surface area contributed by atoms with E-state index in [4.69, 9.17) is 5.73 Å². The number of carbonyl (C=O) groups excluding carboxylic acids is 15. The number of hydrogen-bond donors (Lipinski definition) is 15. The van der Waals surface area contributed by atoms with Crippen LogP contribution in [0, 0.1) is 5.92 Å². The molecule has 37 heteroatoms. The first kappa shape index (κ1) is 101. The number of aromatic nitrogens is 1. The monoisotopic (exact) mass is 1810 g/mol. The molecule has 0 radical (unpaired) electrons. The number of fused-ring (bicyclic) bond motifs is 1. The summed E-state index contributed by atoms with van der Waals surface area (Å²) in [5.41, 5.74) is 8.77. The molecule has 15 amide bonds. The second-order valence-corrected chi connectivity index (χ2v) is 33.8. The van der Waals surface area contributed by atoms with Crippen molar-refractivity contribution in [2.24, 2.45) is 11.7 Å². The molecule has 1 aliphatic heterocycles. The number of carbonyl (C=O) groups is 16. The third kappa shape index (κ3) is 30.3. The minimum Gasteiger partial charge on any atom is -0.508 e. The van der Waals surface area contributed by atoms with E-state index in [1.807, 2.05) is 6.92 Å². The minimum absolute atomic E-state index is 0.0113. The molecule has 1 aliphatic rings. The van der Waals surface area contributed by atoms with Crippen molar-refractivity contribution in [3.8, 4) is 17.2 Å². The topological polar surface area (TPSA) is 520 Å². The van der Waals surface area contributed by atoms with Crippen molar-refractivity contribution in [3.05, 3.63) is 209 Å². The van der Waals surface area contributed by atoms with Crippen LogP contribution in [-0.4, -0.2) is 277 Å². The first-order valence-electron chi connectivity index (χ1n) is 42.4. The third-order valence-electron chi connectivity index (χ3n) is 22.0. The van der Waals surface area contributed by atoms with Gasteiger partial charge in [-0.3, -0.25) is 76.7 Å². The number of carboxylic acids is 1. The standard InChI is InChI=1S/C93H116N16O20S/c1-11-12-27-74-91(127)106(7)51-79(115)98-70(47-81(117)118)87(123)104-82(55(4)5)93(129)108(9)75(44-60-32-38-64(112)39-33-60)88(124)102-71(43-59-30-36-63(111)37-31-59)89(125)105(6)50-78(114)97-69(46-61-48-95-66-26-20-19-25-65(61)66)86(122)101-68(41-58-28-34-62(110)35-29-58)85(121)100-67(40-54(2)3)84(120)103-73(83(119)96-49-77(94)113)52-130-53-80(116)99-72(42-56-21-15-13-16-22-56)90(126)109(10)76(92(128)107(74)8)45-57-23-17-14-18-24-57/h13-26,28-39,48,54,67-76,82,95,110-112H,4,11-12,27,40-47,49-53H2,1-3,5-10H3,(H2,94,113)(H,96,119)(H,97,114)(H,98,115)(H,99,116)(H,100,121)(H,101,122)(H,102,124)(H,103,120)(H,104,123)(H,117,118)/t67-,68-,69-,70-,71-,72-,73-,74-,75-,76-,82-/m0/s1. The van der Waals surface area contributed by atoms with Crippen LogP contribution in [0.25, 0.3) is 10.9 Å². The average molecular weight is 1810 g/mol. The van der Waals surface area contributed by atoms with Crippen molar-refractivity contribution >= 4 is 117 Å². The number of benzene rings is 6. The number of hydrogen-bond acceptors (Lipinski definition) is 20. The Morgan fingerprint density at radius 1 is 0.477 bits per heavy atom. The molecule has 0 bridgehead atoms. The van der Waals surface area contributed by atoms with Crippen molar-refractivity contribution in [1.29, 1.82) is 0 Å². The summed E-state index contributed by atoms with van der Waals surface area (Å²) in [6.07, 6.45) is -0.279. The van der Waals surface area contributed by atoms with E-state index in [1.165, 1.54) is 115 Å². The maximum absolute atomic E-state index is 15.5. The summed E-state index contributed by atoms with van der Waals surface area (Å²) < 4.78 is 0. The number of aromatic hydroxyl groups is 3. The molecular formula is C93H116N16O20S. The number of nitrogens with one attached hydrogen (secondary N) is 10. The lowest BCUT2D eigenvalue weighted by Gasteiger charge is -2.37. The number of aliphatic carboxylic acids is 1. The molecule has 16 N–H and O–H groups in total. The second kappa shape index (κ2) is 48.7. The van der Waals surface area contributed by atoms with Gasteiger partial charge in [0.05, 0.1) is 31.8 Å². The van der Waals surface area contributed by atoms with E-state index in [2.05, 4.69) is 59.4 Å². The Labute approximate surface area is 757 Å². The van der Waals surface area contributed by atoms with Gasteiger partial charge < -0.3 is 103 Å². The molecule has 0 unspecified atom stereocenters.